The molecule has 0 aliphatic carbocycles. The van der Waals surface area contributed by atoms with E-state index in [1.807, 2.05) is 30.3 Å². The van der Waals surface area contributed by atoms with Crippen molar-refractivity contribution in [1.29, 1.82) is 0 Å². The van der Waals surface area contributed by atoms with Gasteiger partial charge in [-0.1, -0.05) is 133 Å². The predicted octanol–water partition coefficient (Wildman–Crippen LogP) is 13.0. The third-order valence-corrected chi connectivity index (χ3v) is 11.2. The zero-order valence-corrected chi connectivity index (χ0v) is 30.5. The maximum Gasteiger partial charge on any atom is 0.238 e. The lowest BCUT2D eigenvalue weighted by atomic mass is 9.99. The van der Waals surface area contributed by atoms with E-state index in [2.05, 4.69) is 167 Å². The minimum Gasteiger partial charge on any atom is -0.456 e. The fourth-order valence-corrected chi connectivity index (χ4v) is 8.65. The lowest BCUT2D eigenvalue weighted by Gasteiger charge is -2.11. The van der Waals surface area contributed by atoms with Crippen molar-refractivity contribution in [3.63, 3.8) is 0 Å². The molecule has 0 saturated carbocycles. The van der Waals surface area contributed by atoms with Crippen molar-refractivity contribution in [2.75, 3.05) is 0 Å². The lowest BCUT2D eigenvalue weighted by Crippen LogP contribution is -2.06. The van der Waals surface area contributed by atoms with Crippen LogP contribution < -0.4 is 0 Å². The molecule has 6 heteroatoms. The second-order valence-corrected chi connectivity index (χ2v) is 14.4. The molecule has 0 bridgehead atoms. The molecule has 4 heterocycles. The summed E-state index contributed by atoms with van der Waals surface area (Å²) in [6.07, 6.45) is 0. The van der Waals surface area contributed by atoms with Gasteiger partial charge in [-0.25, -0.2) is 4.98 Å². The highest BCUT2D eigenvalue weighted by molar-refractivity contribution is 6.16. The Kier molecular flexibility index (Phi) is 6.83. The Balaban J connectivity index is 1.05. The van der Waals surface area contributed by atoms with Crippen LogP contribution in [0.4, 0.5) is 0 Å². The Morgan fingerprint density at radius 1 is 0.351 bits per heavy atom. The molecule has 0 unspecified atom stereocenters. The highest BCUT2D eigenvalue weighted by Gasteiger charge is 2.21. The zero-order valence-electron chi connectivity index (χ0n) is 30.5. The van der Waals surface area contributed by atoms with E-state index in [9.17, 15) is 0 Å². The number of hydrogen-bond acceptors (Lipinski definition) is 4. The molecular weight excluding hydrogens is 699 g/mol. The fraction of sp³-hybridized carbons (Fsp3) is 0. The number of fused-ring (bicyclic) bond motifs is 9. The molecule has 0 N–H and O–H groups in total. The van der Waals surface area contributed by atoms with Crippen LogP contribution in [0.15, 0.2) is 192 Å². The molecule has 12 rings (SSSR count). The molecule has 0 aliphatic heterocycles. The molecule has 0 saturated heterocycles. The van der Waals surface area contributed by atoms with E-state index in [1.165, 1.54) is 21.8 Å². The number of hydrogen-bond donors (Lipinski definition) is 0. The van der Waals surface area contributed by atoms with Crippen molar-refractivity contribution in [3.05, 3.63) is 188 Å². The maximum atomic E-state index is 6.56. The fourth-order valence-electron chi connectivity index (χ4n) is 8.65. The van der Waals surface area contributed by atoms with Gasteiger partial charge in [0.2, 0.25) is 5.95 Å². The summed E-state index contributed by atoms with van der Waals surface area (Å²) in [6.45, 7) is 0. The Bertz CT molecular complexity index is 3470. The first kappa shape index (κ1) is 31.5. The van der Waals surface area contributed by atoms with Gasteiger partial charge in [-0.2, -0.15) is 9.97 Å². The van der Waals surface area contributed by atoms with Crippen LogP contribution in [0.2, 0.25) is 0 Å². The lowest BCUT2D eigenvalue weighted by molar-refractivity contribution is 0.669. The van der Waals surface area contributed by atoms with Crippen LogP contribution in [0.5, 0.6) is 0 Å². The summed E-state index contributed by atoms with van der Waals surface area (Å²) >= 11 is 0. The van der Waals surface area contributed by atoms with Gasteiger partial charge in [-0.3, -0.25) is 4.57 Å². The van der Waals surface area contributed by atoms with Crippen LogP contribution in [-0.2, 0) is 0 Å². The van der Waals surface area contributed by atoms with Gasteiger partial charge in [0.25, 0.3) is 0 Å². The third-order valence-electron chi connectivity index (χ3n) is 11.2. The van der Waals surface area contributed by atoms with Gasteiger partial charge in [0, 0.05) is 49.1 Å². The molecular formula is C51H31N5O. The molecule has 0 aliphatic rings. The van der Waals surface area contributed by atoms with Gasteiger partial charge in [0.15, 0.2) is 11.6 Å². The molecule has 0 amide bonds. The summed E-state index contributed by atoms with van der Waals surface area (Å²) in [7, 11) is 0. The normalized spacial score (nSPS) is 11.9. The van der Waals surface area contributed by atoms with Gasteiger partial charge < -0.3 is 8.98 Å². The van der Waals surface area contributed by atoms with E-state index in [0.717, 1.165) is 71.7 Å². The van der Waals surface area contributed by atoms with E-state index in [4.69, 9.17) is 19.4 Å². The van der Waals surface area contributed by atoms with Crippen LogP contribution in [-0.4, -0.2) is 24.1 Å². The number of furan rings is 1. The SMILES string of the molecule is c1ccc(-c2nc(-c3ccc4c(c3)oc3ccc(-n5c6ccccc6c6ccccc65)cc34)nc(-n3c4ccccc4c4c(-c5ccccc5)cccc43)n2)cc1. The van der Waals surface area contributed by atoms with Crippen molar-refractivity contribution in [2.24, 2.45) is 0 Å². The molecule has 0 radical (unpaired) electrons. The summed E-state index contributed by atoms with van der Waals surface area (Å²) < 4.78 is 11.1. The average molecular weight is 730 g/mol. The summed E-state index contributed by atoms with van der Waals surface area (Å²) in [4.78, 5) is 15.5. The van der Waals surface area contributed by atoms with Gasteiger partial charge in [0.05, 0.1) is 22.1 Å². The highest BCUT2D eigenvalue weighted by Crippen LogP contribution is 2.40. The predicted molar refractivity (Wildman–Crippen MR) is 232 cm³/mol. The second-order valence-electron chi connectivity index (χ2n) is 14.4. The third kappa shape index (κ3) is 4.87. The molecule has 4 aromatic heterocycles. The molecule has 57 heavy (non-hydrogen) atoms. The number of para-hydroxylation sites is 3. The summed E-state index contributed by atoms with van der Waals surface area (Å²) in [5.41, 5.74) is 11.2. The van der Waals surface area contributed by atoms with Gasteiger partial charge in [0.1, 0.15) is 11.2 Å². The molecule has 266 valence electrons. The molecule has 0 atom stereocenters. The average Bonchev–Trinajstić information content (AvgIpc) is 3.94. The van der Waals surface area contributed by atoms with Crippen molar-refractivity contribution in [2.45, 2.75) is 0 Å². The largest absolute Gasteiger partial charge is 0.456 e. The summed E-state index contributed by atoms with van der Waals surface area (Å²) in [5, 5.41) is 6.85. The van der Waals surface area contributed by atoms with Gasteiger partial charge in [-0.15, -0.1) is 0 Å². The van der Waals surface area contributed by atoms with E-state index >= 15 is 0 Å². The molecule has 0 spiro atoms. The standard InChI is InChI=1S/C51H31N5O/c1-3-14-32(15-4-1)36-21-13-25-45-48(36)40-20-9-12-24-44(40)56(45)51-53-49(33-16-5-2-6-17-33)52-50(54-51)34-26-28-39-41-31-35(27-29-46(41)57-47(39)30-34)55-42-22-10-7-18-37(42)38-19-8-11-23-43(38)55/h1-31H. The molecule has 0 fully saturated rings. The van der Waals surface area contributed by atoms with E-state index in [-0.39, 0.29) is 0 Å². The van der Waals surface area contributed by atoms with Crippen LogP contribution in [0.1, 0.15) is 0 Å². The zero-order chi connectivity index (χ0) is 37.5. The van der Waals surface area contributed by atoms with Crippen molar-refractivity contribution in [1.82, 2.24) is 24.1 Å². The number of aromatic nitrogens is 5. The monoisotopic (exact) mass is 729 g/mol. The van der Waals surface area contributed by atoms with Gasteiger partial charge in [-0.05, 0) is 65.7 Å². The molecule has 6 nitrogen and oxygen atoms in total. The maximum absolute atomic E-state index is 6.56. The summed E-state index contributed by atoms with van der Waals surface area (Å²) in [6, 6.07) is 65.5. The first-order valence-corrected chi connectivity index (χ1v) is 19.1. The Hall–Kier alpha value is -7.83. The van der Waals surface area contributed by atoms with E-state index in [1.54, 1.807) is 0 Å². The first-order chi connectivity index (χ1) is 28.3. The highest BCUT2D eigenvalue weighted by atomic mass is 16.3. The minimum atomic E-state index is 0.552. The molecule has 12 aromatic rings. The quantitative estimate of drug-likeness (QED) is 0.177. The first-order valence-electron chi connectivity index (χ1n) is 19.1. The van der Waals surface area contributed by atoms with Crippen LogP contribution >= 0.6 is 0 Å². The Morgan fingerprint density at radius 3 is 1.67 bits per heavy atom. The molecule has 8 aromatic carbocycles. The smallest absolute Gasteiger partial charge is 0.238 e. The van der Waals surface area contributed by atoms with Crippen LogP contribution in [0.3, 0.4) is 0 Å². The second kappa shape index (κ2) is 12.3. The van der Waals surface area contributed by atoms with Gasteiger partial charge >= 0.3 is 0 Å². The van der Waals surface area contributed by atoms with E-state index in [0.29, 0.717) is 17.6 Å². The topological polar surface area (TPSA) is 61.7 Å². The number of rotatable bonds is 5. The van der Waals surface area contributed by atoms with Crippen molar-refractivity contribution < 1.29 is 4.42 Å². The Labute approximate surface area is 326 Å². The Morgan fingerprint density at radius 2 is 0.947 bits per heavy atom. The van der Waals surface area contributed by atoms with Crippen molar-refractivity contribution >= 4 is 65.6 Å². The minimum absolute atomic E-state index is 0.552. The number of nitrogens with zero attached hydrogens (tertiary/aromatic N) is 5. The van der Waals surface area contributed by atoms with Crippen molar-refractivity contribution in [3.8, 4) is 45.5 Å². The van der Waals surface area contributed by atoms with E-state index < -0.39 is 0 Å². The van der Waals surface area contributed by atoms with Crippen LogP contribution in [0, 0.1) is 0 Å². The summed E-state index contributed by atoms with van der Waals surface area (Å²) in [5.74, 6) is 1.72. The number of benzene rings is 8. The van der Waals surface area contributed by atoms with Crippen LogP contribution in [0.25, 0.3) is 111 Å².